The Bertz CT molecular complexity index is 1020. The average Bonchev–Trinajstić information content (AvgIpc) is 2.94. The Labute approximate surface area is 176 Å². The van der Waals surface area contributed by atoms with Crippen molar-refractivity contribution in [2.75, 3.05) is 14.2 Å². The molecule has 0 aliphatic carbocycles. The SMILES string of the molecule is COc1ccc(/C=C2\NC(=S)N(C(=O)c3ccc(Cl)cc3Cl)C2=O)cc1OC. The van der Waals surface area contributed by atoms with Gasteiger partial charge in [0, 0.05) is 5.02 Å². The summed E-state index contributed by atoms with van der Waals surface area (Å²) in [5.74, 6) is -0.165. The number of carbonyl (C=O) groups excluding carboxylic acids is 2. The van der Waals surface area contributed by atoms with E-state index in [0.29, 0.717) is 22.1 Å². The van der Waals surface area contributed by atoms with Crippen molar-refractivity contribution in [3.8, 4) is 11.5 Å². The zero-order valence-electron chi connectivity index (χ0n) is 14.8. The van der Waals surface area contributed by atoms with Crippen LogP contribution in [0.25, 0.3) is 6.08 Å². The van der Waals surface area contributed by atoms with Gasteiger partial charge in [-0.3, -0.25) is 9.59 Å². The molecule has 0 atom stereocenters. The van der Waals surface area contributed by atoms with Gasteiger partial charge in [-0.25, -0.2) is 4.90 Å². The topological polar surface area (TPSA) is 67.9 Å². The van der Waals surface area contributed by atoms with Crippen LogP contribution in [-0.4, -0.2) is 36.0 Å². The fourth-order valence-corrected chi connectivity index (χ4v) is 3.38. The van der Waals surface area contributed by atoms with Crippen LogP contribution < -0.4 is 14.8 Å². The number of ether oxygens (including phenoxy) is 2. The van der Waals surface area contributed by atoms with E-state index in [1.165, 1.54) is 32.4 Å². The molecule has 1 saturated heterocycles. The Hall–Kier alpha value is -2.61. The number of hydrogen-bond donors (Lipinski definition) is 1. The second-order valence-electron chi connectivity index (χ2n) is 5.67. The van der Waals surface area contributed by atoms with Crippen LogP contribution in [0, 0.1) is 0 Å². The van der Waals surface area contributed by atoms with Crippen LogP contribution in [0.1, 0.15) is 15.9 Å². The first-order chi connectivity index (χ1) is 13.3. The van der Waals surface area contributed by atoms with Gasteiger partial charge in [0.15, 0.2) is 16.6 Å². The third-order valence-corrected chi connectivity index (χ3v) is 4.79. The zero-order valence-corrected chi connectivity index (χ0v) is 17.1. The minimum Gasteiger partial charge on any atom is -0.493 e. The molecular weight excluding hydrogens is 423 g/mol. The van der Waals surface area contributed by atoms with Gasteiger partial charge in [-0.05, 0) is 54.2 Å². The molecule has 3 rings (SSSR count). The highest BCUT2D eigenvalue weighted by atomic mass is 35.5. The molecule has 1 aliphatic rings. The summed E-state index contributed by atoms with van der Waals surface area (Å²) in [5.41, 5.74) is 0.932. The molecule has 2 amide bonds. The average molecular weight is 437 g/mol. The predicted molar refractivity (Wildman–Crippen MR) is 111 cm³/mol. The lowest BCUT2D eigenvalue weighted by Crippen LogP contribution is -2.36. The predicted octanol–water partition coefficient (Wildman–Crippen LogP) is 3.91. The summed E-state index contributed by atoms with van der Waals surface area (Å²) >= 11 is 17.1. The molecule has 0 aromatic heterocycles. The van der Waals surface area contributed by atoms with Gasteiger partial charge in [0.1, 0.15) is 5.70 Å². The summed E-state index contributed by atoms with van der Waals surface area (Å²) in [5, 5.41) is 3.23. The molecule has 1 aliphatic heterocycles. The van der Waals surface area contributed by atoms with Crippen LogP contribution >= 0.6 is 35.4 Å². The van der Waals surface area contributed by atoms with Crippen LogP contribution in [0.5, 0.6) is 11.5 Å². The lowest BCUT2D eigenvalue weighted by atomic mass is 10.1. The maximum Gasteiger partial charge on any atom is 0.283 e. The third-order valence-electron chi connectivity index (χ3n) is 3.96. The van der Waals surface area contributed by atoms with Crippen molar-refractivity contribution in [3.63, 3.8) is 0 Å². The summed E-state index contributed by atoms with van der Waals surface area (Å²) < 4.78 is 10.4. The Kier molecular flexibility index (Phi) is 5.88. The monoisotopic (exact) mass is 436 g/mol. The maximum absolute atomic E-state index is 12.8. The Morgan fingerprint density at radius 2 is 1.82 bits per heavy atom. The fourth-order valence-electron chi connectivity index (χ4n) is 2.61. The minimum atomic E-state index is -0.639. The van der Waals surface area contributed by atoms with Gasteiger partial charge in [-0.15, -0.1) is 0 Å². The lowest BCUT2D eigenvalue weighted by Gasteiger charge is -2.13. The van der Waals surface area contributed by atoms with Crippen molar-refractivity contribution in [1.82, 2.24) is 10.2 Å². The number of rotatable bonds is 4. The van der Waals surface area contributed by atoms with E-state index in [9.17, 15) is 9.59 Å². The number of hydrogen-bond acceptors (Lipinski definition) is 5. The highest BCUT2D eigenvalue weighted by Crippen LogP contribution is 2.29. The highest BCUT2D eigenvalue weighted by molar-refractivity contribution is 7.80. The van der Waals surface area contributed by atoms with E-state index < -0.39 is 11.8 Å². The Morgan fingerprint density at radius 3 is 2.46 bits per heavy atom. The summed E-state index contributed by atoms with van der Waals surface area (Å²) in [4.78, 5) is 26.4. The van der Waals surface area contributed by atoms with Gasteiger partial charge in [0.2, 0.25) is 0 Å². The van der Waals surface area contributed by atoms with Crippen LogP contribution in [0.2, 0.25) is 10.0 Å². The number of carbonyl (C=O) groups is 2. The second-order valence-corrected chi connectivity index (χ2v) is 6.90. The van der Waals surface area contributed by atoms with Crippen molar-refractivity contribution in [1.29, 1.82) is 0 Å². The maximum atomic E-state index is 12.8. The van der Waals surface area contributed by atoms with E-state index in [4.69, 9.17) is 44.9 Å². The molecule has 28 heavy (non-hydrogen) atoms. The summed E-state index contributed by atoms with van der Waals surface area (Å²) in [6.07, 6.45) is 1.56. The number of nitrogens with one attached hydrogen (secondary N) is 1. The number of nitrogens with zero attached hydrogens (tertiary/aromatic N) is 1. The molecule has 0 saturated carbocycles. The van der Waals surface area contributed by atoms with Crippen molar-refractivity contribution < 1.29 is 19.1 Å². The number of methoxy groups -OCH3 is 2. The number of halogens is 2. The number of thiocarbonyl (C=S) groups is 1. The normalized spacial score (nSPS) is 15.0. The molecule has 1 N–H and O–H groups in total. The van der Waals surface area contributed by atoms with Gasteiger partial charge in [-0.1, -0.05) is 29.3 Å². The van der Waals surface area contributed by atoms with Crippen molar-refractivity contribution in [2.45, 2.75) is 0 Å². The molecule has 1 fully saturated rings. The molecule has 0 bridgehead atoms. The largest absolute Gasteiger partial charge is 0.493 e. The first-order valence-electron chi connectivity index (χ1n) is 7.94. The summed E-state index contributed by atoms with van der Waals surface area (Å²) in [6, 6.07) is 9.53. The second kappa shape index (κ2) is 8.18. The first-order valence-corrected chi connectivity index (χ1v) is 9.10. The number of amides is 2. The third kappa shape index (κ3) is 3.82. The molecule has 2 aromatic rings. The van der Waals surface area contributed by atoms with Gasteiger partial charge in [0.05, 0.1) is 24.8 Å². The van der Waals surface area contributed by atoms with Crippen LogP contribution in [0.4, 0.5) is 0 Å². The fraction of sp³-hybridized carbons (Fsp3) is 0.105. The lowest BCUT2D eigenvalue weighted by molar-refractivity contribution is -0.120. The molecule has 0 spiro atoms. The van der Waals surface area contributed by atoms with E-state index in [2.05, 4.69) is 5.32 Å². The highest BCUT2D eigenvalue weighted by Gasteiger charge is 2.37. The van der Waals surface area contributed by atoms with Gasteiger partial charge >= 0.3 is 0 Å². The van der Waals surface area contributed by atoms with E-state index in [0.717, 1.165) is 4.90 Å². The summed E-state index contributed by atoms with van der Waals surface area (Å²) in [7, 11) is 3.04. The quantitative estimate of drug-likeness (QED) is 0.445. The smallest absolute Gasteiger partial charge is 0.283 e. The van der Waals surface area contributed by atoms with E-state index in [-0.39, 0.29) is 21.4 Å². The van der Waals surface area contributed by atoms with Crippen LogP contribution in [0.3, 0.4) is 0 Å². The van der Waals surface area contributed by atoms with Gasteiger partial charge in [0.25, 0.3) is 11.8 Å². The van der Waals surface area contributed by atoms with E-state index in [1.54, 1.807) is 24.3 Å². The van der Waals surface area contributed by atoms with Crippen LogP contribution in [0.15, 0.2) is 42.1 Å². The number of imide groups is 1. The summed E-state index contributed by atoms with van der Waals surface area (Å²) in [6.45, 7) is 0. The molecule has 0 unspecified atom stereocenters. The molecular formula is C19H14Cl2N2O4S. The molecule has 9 heteroatoms. The van der Waals surface area contributed by atoms with Crippen LogP contribution in [-0.2, 0) is 4.79 Å². The molecule has 2 aromatic carbocycles. The van der Waals surface area contributed by atoms with E-state index in [1.807, 2.05) is 0 Å². The van der Waals surface area contributed by atoms with Gasteiger partial charge in [-0.2, -0.15) is 0 Å². The van der Waals surface area contributed by atoms with Gasteiger partial charge < -0.3 is 14.8 Å². The molecule has 6 nitrogen and oxygen atoms in total. The Morgan fingerprint density at radius 1 is 1.11 bits per heavy atom. The Balaban J connectivity index is 1.91. The molecule has 1 heterocycles. The minimum absolute atomic E-state index is 0.0345. The van der Waals surface area contributed by atoms with Crippen molar-refractivity contribution >= 4 is 58.4 Å². The van der Waals surface area contributed by atoms with Crippen molar-refractivity contribution in [3.05, 3.63) is 63.3 Å². The number of benzene rings is 2. The molecule has 0 radical (unpaired) electrons. The standard InChI is InChI=1S/C19H14Cl2N2O4S/c1-26-15-6-3-10(8-16(15)27-2)7-14-18(25)23(19(28)22-14)17(24)12-5-4-11(20)9-13(12)21/h3-9H,1-2H3,(H,22,28)/b14-7-. The zero-order chi connectivity index (χ0) is 20.4. The first kappa shape index (κ1) is 20.1. The molecule has 144 valence electrons. The van der Waals surface area contributed by atoms with Crippen molar-refractivity contribution in [2.24, 2.45) is 0 Å². The van der Waals surface area contributed by atoms with E-state index >= 15 is 0 Å².